The average molecular weight is 1450 g/mol. The van der Waals surface area contributed by atoms with Gasteiger partial charge in [0.1, 0.15) is 6.61 Å². The molecule has 0 bridgehead atoms. The van der Waals surface area contributed by atoms with E-state index in [0.717, 1.165) is 135 Å². The Hall–Kier alpha value is -4.63. The molecule has 588 valence electrons. The number of hydrogen-bond acceptors (Lipinski definition) is 8. The molecule has 0 radical (unpaired) electrons. The second kappa shape index (κ2) is 86.3. The molecule has 0 aromatic rings. The van der Waals surface area contributed by atoms with Crippen LogP contribution in [0, 0.1) is 0 Å². The summed E-state index contributed by atoms with van der Waals surface area (Å²) in [5.74, 6) is -0.826. The second-order valence-electron chi connectivity index (χ2n) is 27.9. The van der Waals surface area contributed by atoms with Crippen molar-refractivity contribution >= 4 is 19.8 Å². The van der Waals surface area contributed by atoms with Crippen LogP contribution < -0.4 is 5.73 Å². The molecule has 0 saturated carbocycles. The lowest BCUT2D eigenvalue weighted by Crippen LogP contribution is -2.29. The lowest BCUT2D eigenvalue weighted by atomic mass is 10.0. The van der Waals surface area contributed by atoms with Crippen molar-refractivity contribution in [3.63, 3.8) is 0 Å². The van der Waals surface area contributed by atoms with Crippen LogP contribution in [0.25, 0.3) is 0 Å². The first-order chi connectivity index (χ1) is 50.8. The summed E-state index contributed by atoms with van der Waals surface area (Å²) in [5, 5.41) is 0. The molecule has 10 heteroatoms. The Morgan fingerprint density at radius 3 is 0.748 bits per heavy atom. The zero-order chi connectivity index (χ0) is 74.3. The maximum atomic E-state index is 12.8. The third kappa shape index (κ3) is 86.2. The second-order valence-corrected chi connectivity index (χ2v) is 29.4. The number of unbranched alkanes of at least 4 members (excludes halogenated alkanes) is 38. The van der Waals surface area contributed by atoms with Gasteiger partial charge in [-0.2, -0.15) is 0 Å². The van der Waals surface area contributed by atoms with E-state index >= 15 is 0 Å². The van der Waals surface area contributed by atoms with Gasteiger partial charge in [0.05, 0.1) is 13.2 Å². The molecule has 0 aliphatic rings. The van der Waals surface area contributed by atoms with E-state index in [2.05, 4.69) is 184 Å². The molecule has 0 heterocycles. The molecule has 0 spiro atoms. The Morgan fingerprint density at radius 1 is 0.291 bits per heavy atom. The number of carbonyl (C=O) groups is 2. The molecule has 103 heavy (non-hydrogen) atoms. The number of phosphoric ester groups is 1. The molecule has 0 aromatic heterocycles. The van der Waals surface area contributed by atoms with Crippen molar-refractivity contribution in [3.8, 4) is 0 Å². The SMILES string of the molecule is CC/C=C\C/C=C\C/C=C\C/C=C\C/C=C\C/C=C\C/C=C\C/C=C\C/C=C\C/C=C\CCCCCCCCCCCCC(=O)OC(COC(=O)CCCCCCCCCCCCCCCCCCCCCCCCCCCCCC/C=C\C/C=C\C/C=C\C/C=C\CC)COP(=O)(O)OCCN. The van der Waals surface area contributed by atoms with Crippen LogP contribution in [0.3, 0.4) is 0 Å². The number of hydrogen-bond donors (Lipinski definition) is 2. The van der Waals surface area contributed by atoms with Crippen LogP contribution >= 0.6 is 7.82 Å². The molecule has 0 aliphatic heterocycles. The van der Waals surface area contributed by atoms with Crippen LogP contribution in [-0.2, 0) is 32.7 Å². The van der Waals surface area contributed by atoms with Gasteiger partial charge in [-0.1, -0.05) is 402 Å². The van der Waals surface area contributed by atoms with E-state index in [-0.39, 0.29) is 38.6 Å². The van der Waals surface area contributed by atoms with Crippen molar-refractivity contribution in [3.05, 3.63) is 170 Å². The number of rotatable bonds is 79. The molecule has 0 aliphatic carbocycles. The number of allylic oxidation sites excluding steroid dienone is 28. The van der Waals surface area contributed by atoms with Crippen LogP contribution in [0.2, 0.25) is 0 Å². The fourth-order valence-electron chi connectivity index (χ4n) is 11.9. The minimum Gasteiger partial charge on any atom is -0.462 e. The average Bonchev–Trinajstić information content (AvgIpc) is 0.970. The topological polar surface area (TPSA) is 134 Å². The number of carbonyl (C=O) groups excluding carboxylic acids is 2. The fourth-order valence-corrected chi connectivity index (χ4v) is 12.7. The van der Waals surface area contributed by atoms with Gasteiger partial charge in [0.15, 0.2) is 6.10 Å². The van der Waals surface area contributed by atoms with Crippen molar-refractivity contribution < 1.29 is 37.6 Å². The van der Waals surface area contributed by atoms with Crippen LogP contribution in [-0.4, -0.2) is 49.3 Å². The smallest absolute Gasteiger partial charge is 0.462 e. The number of esters is 2. The predicted octanol–water partition coefficient (Wildman–Crippen LogP) is 29.2. The number of phosphoric acid groups is 1. The van der Waals surface area contributed by atoms with Crippen LogP contribution in [0.1, 0.15) is 373 Å². The highest BCUT2D eigenvalue weighted by Gasteiger charge is 2.26. The standard InChI is InChI=1S/C93H158NO8P/c1-3-5-7-9-11-13-15-17-19-21-23-25-27-29-31-33-35-37-39-41-43-45-47-49-51-53-55-57-59-61-63-65-67-69-71-73-75-77-79-81-83-85-92(95)99-89-91(90-101-103(97,98)100-88-87-94)102-93(96)86-84-82-80-78-76-74-72-70-68-66-64-62-60-58-56-54-52-50-48-46-44-42-40-38-36-34-32-30-28-26-24-22-20-18-16-14-12-10-8-6-4-2/h5-8,11-14,17-20,23-26,30,32,36,38,42,44,48,50,54,56,60,62,91H,3-4,9-10,15-16,21-22,27-29,31,33-35,37,39-41,43,45-47,49,51-53,55,57-59,61,63-90,94H2,1-2H3,(H,97,98)/b7-5-,8-6-,13-11-,14-12-,19-17-,20-18-,25-23-,26-24-,32-30-,38-36-,44-42-,50-48-,56-54-,62-60-. The minimum atomic E-state index is -4.41. The molecule has 2 atom stereocenters. The van der Waals surface area contributed by atoms with Crippen molar-refractivity contribution in [1.29, 1.82) is 0 Å². The summed E-state index contributed by atoms with van der Waals surface area (Å²) in [6.45, 7) is 3.54. The number of nitrogens with two attached hydrogens (primary N) is 1. The molecule has 2 unspecified atom stereocenters. The van der Waals surface area contributed by atoms with E-state index in [0.29, 0.717) is 6.42 Å². The van der Waals surface area contributed by atoms with Crippen LogP contribution in [0.15, 0.2) is 170 Å². The van der Waals surface area contributed by atoms with E-state index in [1.54, 1.807) is 0 Å². The van der Waals surface area contributed by atoms with Gasteiger partial charge in [0.2, 0.25) is 0 Å². The first-order valence-corrected chi connectivity index (χ1v) is 44.1. The fraction of sp³-hybridized carbons (Fsp3) is 0.677. The van der Waals surface area contributed by atoms with Crippen molar-refractivity contribution in [2.24, 2.45) is 5.73 Å². The molecule has 9 nitrogen and oxygen atoms in total. The monoisotopic (exact) mass is 1450 g/mol. The van der Waals surface area contributed by atoms with E-state index in [1.165, 1.54) is 205 Å². The van der Waals surface area contributed by atoms with Crippen molar-refractivity contribution in [2.45, 2.75) is 380 Å². The van der Waals surface area contributed by atoms with Gasteiger partial charge in [-0.05, 0) is 128 Å². The first kappa shape index (κ1) is 98.4. The van der Waals surface area contributed by atoms with Gasteiger partial charge in [-0.3, -0.25) is 18.6 Å². The summed E-state index contributed by atoms with van der Waals surface area (Å²) >= 11 is 0. The van der Waals surface area contributed by atoms with Gasteiger partial charge in [-0.25, -0.2) is 4.57 Å². The Balaban J connectivity index is 3.82. The third-order valence-corrected chi connectivity index (χ3v) is 19.1. The highest BCUT2D eigenvalue weighted by molar-refractivity contribution is 7.47. The Bertz CT molecular complexity index is 2310. The minimum absolute atomic E-state index is 0.0479. The molecule has 0 amide bonds. The zero-order valence-corrected chi connectivity index (χ0v) is 67.4. The summed E-state index contributed by atoms with van der Waals surface area (Å²) in [4.78, 5) is 35.5. The number of ether oxygens (including phenoxy) is 2. The Labute approximate surface area is 635 Å². The van der Waals surface area contributed by atoms with Gasteiger partial charge >= 0.3 is 19.8 Å². The van der Waals surface area contributed by atoms with E-state index in [1.807, 2.05) is 0 Å². The van der Waals surface area contributed by atoms with E-state index in [9.17, 15) is 19.0 Å². The van der Waals surface area contributed by atoms with Crippen LogP contribution in [0.5, 0.6) is 0 Å². The molecule has 3 N–H and O–H groups in total. The lowest BCUT2D eigenvalue weighted by molar-refractivity contribution is -0.161. The third-order valence-electron chi connectivity index (χ3n) is 18.1. The predicted molar refractivity (Wildman–Crippen MR) is 449 cm³/mol. The maximum Gasteiger partial charge on any atom is 0.472 e. The maximum absolute atomic E-state index is 12.8. The van der Waals surface area contributed by atoms with Crippen molar-refractivity contribution in [2.75, 3.05) is 26.4 Å². The summed E-state index contributed by atoms with van der Waals surface area (Å²) in [7, 11) is -4.41. The zero-order valence-electron chi connectivity index (χ0n) is 66.5. The van der Waals surface area contributed by atoms with Crippen LogP contribution in [0.4, 0.5) is 0 Å². The molecule has 0 saturated heterocycles. The molecule has 0 aromatic carbocycles. The van der Waals surface area contributed by atoms with E-state index < -0.39 is 26.5 Å². The van der Waals surface area contributed by atoms with Gasteiger partial charge in [-0.15, -0.1) is 0 Å². The normalized spacial score (nSPS) is 13.7. The first-order valence-electron chi connectivity index (χ1n) is 42.6. The molecule has 0 rings (SSSR count). The largest absolute Gasteiger partial charge is 0.472 e. The molecular formula is C93H158NO8P. The van der Waals surface area contributed by atoms with E-state index in [4.69, 9.17) is 24.3 Å². The quantitative estimate of drug-likeness (QED) is 0.0264. The van der Waals surface area contributed by atoms with Gasteiger partial charge in [0, 0.05) is 19.4 Å². The summed E-state index contributed by atoms with van der Waals surface area (Å²) < 4.78 is 33.3. The molecule has 0 fully saturated rings. The lowest BCUT2D eigenvalue weighted by Gasteiger charge is -2.19. The van der Waals surface area contributed by atoms with Gasteiger partial charge in [0.25, 0.3) is 0 Å². The highest BCUT2D eigenvalue weighted by atomic mass is 31.2. The Kier molecular flexibility index (Phi) is 82.4. The summed E-state index contributed by atoms with van der Waals surface area (Å²) in [5.41, 5.74) is 5.42. The Morgan fingerprint density at radius 2 is 0.505 bits per heavy atom. The van der Waals surface area contributed by atoms with Gasteiger partial charge < -0.3 is 20.1 Å². The highest BCUT2D eigenvalue weighted by Crippen LogP contribution is 2.43. The summed E-state index contributed by atoms with van der Waals surface area (Å²) in [6.07, 6.45) is 128. The van der Waals surface area contributed by atoms with Crippen molar-refractivity contribution in [1.82, 2.24) is 0 Å². The molecular weight excluding hydrogens is 1290 g/mol. The summed E-state index contributed by atoms with van der Waals surface area (Å²) in [6, 6.07) is 0.